The van der Waals surface area contributed by atoms with Gasteiger partial charge in [0, 0.05) is 12.8 Å². The van der Waals surface area contributed by atoms with Gasteiger partial charge in [-0.2, -0.15) is 0 Å². The second-order valence-electron chi connectivity index (χ2n) is 12.3. The molecule has 0 heterocycles. The van der Waals surface area contributed by atoms with E-state index in [1.165, 1.54) is 44.6 Å². The molecule has 0 amide bonds. The van der Waals surface area contributed by atoms with Crippen LogP contribution in [0.15, 0.2) is 48.6 Å². The number of carbonyl (C=O) groups is 2. The fraction of sp³-hybridized carbons (Fsp3) is 0.730. The van der Waals surface area contributed by atoms with Gasteiger partial charge in [-0.15, -0.1) is 0 Å². The van der Waals surface area contributed by atoms with Crippen molar-refractivity contribution in [1.82, 2.24) is 0 Å². The molecule has 0 radical (unpaired) electrons. The van der Waals surface area contributed by atoms with Crippen molar-refractivity contribution in [2.45, 2.75) is 154 Å². The third kappa shape index (κ3) is 30.2. The largest absolute Gasteiger partial charge is 0.463 e. The van der Waals surface area contributed by atoms with Crippen molar-refractivity contribution in [3.63, 3.8) is 0 Å². The molecule has 260 valence electrons. The van der Waals surface area contributed by atoms with E-state index in [1.807, 2.05) is 6.08 Å². The summed E-state index contributed by atoms with van der Waals surface area (Å²) in [7, 11) is 0. The van der Waals surface area contributed by atoms with Crippen LogP contribution in [-0.4, -0.2) is 70.0 Å². The zero-order valence-corrected chi connectivity index (χ0v) is 28.4. The minimum absolute atomic E-state index is 0.0312. The summed E-state index contributed by atoms with van der Waals surface area (Å²) in [5.74, 6) is -0.106. The van der Waals surface area contributed by atoms with Gasteiger partial charge in [-0.05, 0) is 31.6 Å². The van der Waals surface area contributed by atoms with E-state index in [-0.39, 0.29) is 32.0 Å². The van der Waals surface area contributed by atoms with Gasteiger partial charge in [0.25, 0.3) is 0 Å². The molecular formula is C37H64O8. The first-order valence-corrected chi connectivity index (χ1v) is 17.4. The number of rotatable bonds is 29. The molecule has 0 rings (SSSR count). The van der Waals surface area contributed by atoms with Crippen LogP contribution in [0.5, 0.6) is 0 Å². The molecule has 0 aliphatic rings. The Kier molecular flexibility index (Phi) is 28.9. The maximum atomic E-state index is 11.9. The molecule has 0 unspecified atom stereocenters. The molecule has 0 aromatic heterocycles. The Bertz CT molecular complexity index is 832. The van der Waals surface area contributed by atoms with E-state index in [9.17, 15) is 30.0 Å². The lowest BCUT2D eigenvalue weighted by Gasteiger charge is -2.14. The molecule has 45 heavy (non-hydrogen) atoms. The normalized spacial score (nSPS) is 15.0. The van der Waals surface area contributed by atoms with Gasteiger partial charge in [0.05, 0.1) is 18.3 Å². The van der Waals surface area contributed by atoms with Crippen molar-refractivity contribution in [3.05, 3.63) is 48.6 Å². The maximum absolute atomic E-state index is 11.9. The minimum atomic E-state index is -1.09. The van der Waals surface area contributed by atoms with Crippen LogP contribution in [0.3, 0.4) is 0 Å². The van der Waals surface area contributed by atoms with Gasteiger partial charge < -0.3 is 29.9 Å². The number of ether oxygens (including phenoxy) is 2. The van der Waals surface area contributed by atoms with Crippen molar-refractivity contribution >= 4 is 11.9 Å². The molecule has 8 nitrogen and oxygen atoms in total. The summed E-state index contributed by atoms with van der Waals surface area (Å²) in [5.41, 5.74) is 0. The number of aliphatic hydroxyl groups is 4. The topological polar surface area (TPSA) is 134 Å². The molecule has 0 saturated heterocycles. The zero-order chi connectivity index (χ0) is 33.5. The van der Waals surface area contributed by atoms with Gasteiger partial charge in [0.2, 0.25) is 0 Å². The van der Waals surface area contributed by atoms with Crippen LogP contribution in [0.4, 0.5) is 0 Å². The SMILES string of the molecule is CCCCC[C@@H](O)/C=C/C=C\C=C\C=C\[C@@H](O)[C@H](O)CCCC(=O)OC[C@@H](O)COC(=O)CCCCCCCCCCC(C)C. The standard InChI is InChI=1S/C37H64O8/c1-4-5-16-23-32(38)24-18-13-10-11-14-19-25-34(40)35(41)26-21-28-37(43)45-30-33(39)29-44-36(42)27-20-15-9-7-6-8-12-17-22-31(2)3/h10-11,13-14,18-19,24-25,31-35,38-41H,4-9,12,15-17,20-23,26-30H2,1-3H3/b13-10-,14-11+,24-18+,25-19+/t32-,33+,34-,35-/m1/s1. The molecule has 0 saturated carbocycles. The van der Waals surface area contributed by atoms with E-state index in [0.717, 1.165) is 50.9 Å². The van der Waals surface area contributed by atoms with Gasteiger partial charge in [0.15, 0.2) is 0 Å². The van der Waals surface area contributed by atoms with E-state index in [0.29, 0.717) is 12.8 Å². The summed E-state index contributed by atoms with van der Waals surface area (Å²) >= 11 is 0. The van der Waals surface area contributed by atoms with Crippen molar-refractivity contribution in [2.24, 2.45) is 5.92 Å². The highest BCUT2D eigenvalue weighted by atomic mass is 16.6. The van der Waals surface area contributed by atoms with Crippen LogP contribution >= 0.6 is 0 Å². The molecule has 8 heteroatoms. The summed E-state index contributed by atoms with van der Waals surface area (Å²) in [6, 6.07) is 0. The van der Waals surface area contributed by atoms with E-state index in [1.54, 1.807) is 36.5 Å². The summed E-state index contributed by atoms with van der Waals surface area (Å²) in [6.45, 7) is 6.16. The first kappa shape index (κ1) is 42.7. The number of allylic oxidation sites excluding steroid dienone is 6. The molecule has 0 bridgehead atoms. The highest BCUT2D eigenvalue weighted by Gasteiger charge is 2.15. The molecule has 0 fully saturated rings. The van der Waals surface area contributed by atoms with Gasteiger partial charge in [-0.25, -0.2) is 0 Å². The molecule has 4 N–H and O–H groups in total. The molecule has 0 spiro atoms. The van der Waals surface area contributed by atoms with Crippen LogP contribution in [-0.2, 0) is 19.1 Å². The Labute approximate surface area is 273 Å². The third-order valence-electron chi connectivity index (χ3n) is 7.36. The fourth-order valence-corrected chi connectivity index (χ4v) is 4.53. The highest BCUT2D eigenvalue weighted by molar-refractivity contribution is 5.69. The van der Waals surface area contributed by atoms with Crippen molar-refractivity contribution in [2.75, 3.05) is 13.2 Å². The van der Waals surface area contributed by atoms with Gasteiger partial charge in [-0.1, -0.05) is 140 Å². The summed E-state index contributed by atoms with van der Waals surface area (Å²) < 4.78 is 10.1. The molecule has 0 aromatic rings. The fourth-order valence-electron chi connectivity index (χ4n) is 4.53. The predicted molar refractivity (Wildman–Crippen MR) is 182 cm³/mol. The lowest BCUT2D eigenvalue weighted by molar-refractivity contribution is -0.152. The summed E-state index contributed by atoms with van der Waals surface area (Å²) in [5, 5.41) is 40.0. The Morgan fingerprint density at radius 3 is 1.64 bits per heavy atom. The van der Waals surface area contributed by atoms with Crippen molar-refractivity contribution in [3.8, 4) is 0 Å². The van der Waals surface area contributed by atoms with E-state index in [4.69, 9.17) is 9.47 Å². The van der Waals surface area contributed by atoms with Crippen molar-refractivity contribution < 1.29 is 39.5 Å². The first-order chi connectivity index (χ1) is 21.6. The minimum Gasteiger partial charge on any atom is -0.463 e. The Morgan fingerprint density at radius 1 is 0.578 bits per heavy atom. The lowest BCUT2D eigenvalue weighted by Crippen LogP contribution is -2.26. The smallest absolute Gasteiger partial charge is 0.305 e. The summed E-state index contributed by atoms with van der Waals surface area (Å²) in [6.07, 6.45) is 25.5. The molecule has 0 aliphatic heterocycles. The van der Waals surface area contributed by atoms with Crippen LogP contribution in [0.2, 0.25) is 0 Å². The molecular weight excluding hydrogens is 572 g/mol. The first-order valence-electron chi connectivity index (χ1n) is 17.4. The van der Waals surface area contributed by atoms with Crippen LogP contribution in [0.25, 0.3) is 0 Å². The highest BCUT2D eigenvalue weighted by Crippen LogP contribution is 2.13. The quantitative estimate of drug-likeness (QED) is 0.0390. The number of aliphatic hydroxyl groups excluding tert-OH is 4. The monoisotopic (exact) mass is 636 g/mol. The Balaban J connectivity index is 3.87. The predicted octanol–water partition coefficient (Wildman–Crippen LogP) is 7.05. The van der Waals surface area contributed by atoms with Crippen LogP contribution < -0.4 is 0 Å². The Morgan fingerprint density at radius 2 is 1.07 bits per heavy atom. The van der Waals surface area contributed by atoms with Crippen molar-refractivity contribution in [1.29, 1.82) is 0 Å². The van der Waals surface area contributed by atoms with Crippen LogP contribution in [0, 0.1) is 5.92 Å². The third-order valence-corrected chi connectivity index (χ3v) is 7.36. The molecule has 0 aliphatic carbocycles. The van der Waals surface area contributed by atoms with E-state index in [2.05, 4.69) is 20.8 Å². The van der Waals surface area contributed by atoms with Crippen LogP contribution in [0.1, 0.15) is 130 Å². The zero-order valence-electron chi connectivity index (χ0n) is 28.4. The number of hydrogen-bond acceptors (Lipinski definition) is 8. The molecule has 4 atom stereocenters. The number of unbranched alkanes of at least 4 members (excludes halogenated alkanes) is 9. The van der Waals surface area contributed by atoms with Gasteiger partial charge >= 0.3 is 11.9 Å². The number of esters is 2. The second kappa shape index (κ2) is 30.4. The van der Waals surface area contributed by atoms with E-state index >= 15 is 0 Å². The van der Waals surface area contributed by atoms with E-state index < -0.39 is 30.4 Å². The molecule has 0 aromatic carbocycles. The van der Waals surface area contributed by atoms with Gasteiger partial charge in [-0.3, -0.25) is 9.59 Å². The van der Waals surface area contributed by atoms with Gasteiger partial charge in [0.1, 0.15) is 19.3 Å². The Hall–Kier alpha value is -2.26. The summed E-state index contributed by atoms with van der Waals surface area (Å²) in [4.78, 5) is 23.8. The lowest BCUT2D eigenvalue weighted by atomic mass is 10.0. The average molecular weight is 637 g/mol. The number of carbonyl (C=O) groups excluding carboxylic acids is 2. The maximum Gasteiger partial charge on any atom is 0.305 e. The number of hydrogen-bond donors (Lipinski definition) is 4. The average Bonchev–Trinajstić information content (AvgIpc) is 3.00. The second-order valence-corrected chi connectivity index (χ2v) is 12.3.